The first-order valence-corrected chi connectivity index (χ1v) is 6.64. The van der Waals surface area contributed by atoms with E-state index >= 15 is 0 Å². The number of benzene rings is 1. The SMILES string of the molecule is COc1ccc(COC[C@@H]2COC(C)(C)O2)cc1OC. The summed E-state index contributed by atoms with van der Waals surface area (Å²) in [5.41, 5.74) is 1.03. The fourth-order valence-electron chi connectivity index (χ4n) is 2.12. The van der Waals surface area contributed by atoms with Gasteiger partial charge in [0.05, 0.1) is 34.0 Å². The van der Waals surface area contributed by atoms with Crippen LogP contribution >= 0.6 is 0 Å². The summed E-state index contributed by atoms with van der Waals surface area (Å²) in [4.78, 5) is 0. The first kappa shape index (κ1) is 15.1. The fourth-order valence-corrected chi connectivity index (χ4v) is 2.12. The Labute approximate surface area is 119 Å². The lowest BCUT2D eigenvalue weighted by Crippen LogP contribution is -2.24. The zero-order valence-corrected chi connectivity index (χ0v) is 12.5. The molecule has 2 rings (SSSR count). The molecular weight excluding hydrogens is 260 g/mol. The van der Waals surface area contributed by atoms with Gasteiger partial charge in [0.2, 0.25) is 0 Å². The third kappa shape index (κ3) is 3.85. The van der Waals surface area contributed by atoms with Gasteiger partial charge in [0.25, 0.3) is 0 Å². The van der Waals surface area contributed by atoms with Gasteiger partial charge in [-0.2, -0.15) is 0 Å². The number of methoxy groups -OCH3 is 2. The minimum atomic E-state index is -0.503. The van der Waals surface area contributed by atoms with Gasteiger partial charge in [-0.15, -0.1) is 0 Å². The molecule has 1 aromatic carbocycles. The molecule has 0 bridgehead atoms. The standard InChI is InChI=1S/C15H22O5/c1-15(2)19-10-12(20-15)9-18-8-11-5-6-13(16-3)14(7-11)17-4/h5-7,12H,8-10H2,1-4H3/t12-/m1/s1. The van der Waals surface area contributed by atoms with Crippen molar-refractivity contribution in [1.29, 1.82) is 0 Å². The average molecular weight is 282 g/mol. The Hall–Kier alpha value is -1.30. The normalized spacial score (nSPS) is 20.9. The molecule has 1 heterocycles. The summed E-state index contributed by atoms with van der Waals surface area (Å²) in [5, 5.41) is 0. The molecule has 1 aliphatic heterocycles. The van der Waals surface area contributed by atoms with Gasteiger partial charge in [-0.25, -0.2) is 0 Å². The van der Waals surface area contributed by atoms with Crippen molar-refractivity contribution in [2.45, 2.75) is 32.3 Å². The van der Waals surface area contributed by atoms with Crippen LogP contribution in [0.3, 0.4) is 0 Å². The zero-order valence-electron chi connectivity index (χ0n) is 12.5. The van der Waals surface area contributed by atoms with Crippen molar-refractivity contribution in [1.82, 2.24) is 0 Å². The van der Waals surface area contributed by atoms with Gasteiger partial charge >= 0.3 is 0 Å². The third-order valence-electron chi connectivity index (χ3n) is 3.09. The topological polar surface area (TPSA) is 46.2 Å². The van der Waals surface area contributed by atoms with E-state index in [4.69, 9.17) is 23.7 Å². The van der Waals surface area contributed by atoms with Crippen molar-refractivity contribution in [3.05, 3.63) is 23.8 Å². The van der Waals surface area contributed by atoms with E-state index in [2.05, 4.69) is 0 Å². The minimum absolute atomic E-state index is 0.00913. The summed E-state index contributed by atoms with van der Waals surface area (Å²) in [6.07, 6.45) is -0.00913. The molecule has 0 aromatic heterocycles. The molecular formula is C15H22O5. The van der Waals surface area contributed by atoms with E-state index in [1.807, 2.05) is 32.0 Å². The molecule has 1 fully saturated rings. The maximum atomic E-state index is 5.68. The number of rotatable bonds is 6. The van der Waals surface area contributed by atoms with Gasteiger partial charge in [-0.3, -0.25) is 0 Å². The summed E-state index contributed by atoms with van der Waals surface area (Å²) in [5.74, 6) is 0.915. The van der Waals surface area contributed by atoms with Crippen molar-refractivity contribution in [2.24, 2.45) is 0 Å². The molecule has 0 radical (unpaired) electrons. The second kappa shape index (κ2) is 6.43. The molecule has 0 spiro atoms. The van der Waals surface area contributed by atoms with Crippen molar-refractivity contribution in [2.75, 3.05) is 27.4 Å². The quantitative estimate of drug-likeness (QED) is 0.801. The van der Waals surface area contributed by atoms with E-state index in [0.29, 0.717) is 31.3 Å². The Kier molecular flexibility index (Phi) is 4.86. The van der Waals surface area contributed by atoms with Crippen molar-refractivity contribution in [3.8, 4) is 11.5 Å². The van der Waals surface area contributed by atoms with Gasteiger partial charge < -0.3 is 23.7 Å². The van der Waals surface area contributed by atoms with E-state index in [1.54, 1.807) is 14.2 Å². The van der Waals surface area contributed by atoms with Gasteiger partial charge in [0, 0.05) is 0 Å². The molecule has 0 aliphatic carbocycles. The zero-order chi connectivity index (χ0) is 14.6. The molecule has 0 N–H and O–H groups in total. The van der Waals surface area contributed by atoms with Crippen LogP contribution in [0.4, 0.5) is 0 Å². The predicted molar refractivity (Wildman–Crippen MR) is 74.1 cm³/mol. The molecule has 1 atom stereocenters. The van der Waals surface area contributed by atoms with Crippen LogP contribution in [0.2, 0.25) is 0 Å². The second-order valence-corrected chi connectivity index (χ2v) is 5.16. The predicted octanol–water partition coefficient (Wildman–Crippen LogP) is 2.37. The van der Waals surface area contributed by atoms with Crippen LogP contribution in [0.5, 0.6) is 11.5 Å². The van der Waals surface area contributed by atoms with Crippen LogP contribution in [-0.2, 0) is 20.8 Å². The highest BCUT2D eigenvalue weighted by molar-refractivity contribution is 5.42. The van der Waals surface area contributed by atoms with Crippen molar-refractivity contribution < 1.29 is 23.7 Å². The van der Waals surface area contributed by atoms with Gasteiger partial charge in [0.1, 0.15) is 6.10 Å². The molecule has 5 nitrogen and oxygen atoms in total. The molecule has 1 saturated heterocycles. The molecule has 5 heteroatoms. The van der Waals surface area contributed by atoms with Crippen molar-refractivity contribution in [3.63, 3.8) is 0 Å². The molecule has 1 aliphatic rings. The Morgan fingerprint density at radius 2 is 1.95 bits per heavy atom. The average Bonchev–Trinajstić information content (AvgIpc) is 2.78. The molecule has 20 heavy (non-hydrogen) atoms. The van der Waals surface area contributed by atoms with Gasteiger partial charge in [-0.1, -0.05) is 6.07 Å². The molecule has 0 saturated carbocycles. The Morgan fingerprint density at radius 1 is 1.20 bits per heavy atom. The molecule has 0 unspecified atom stereocenters. The maximum absolute atomic E-state index is 5.68. The van der Waals surface area contributed by atoms with Crippen molar-refractivity contribution >= 4 is 0 Å². The van der Waals surface area contributed by atoms with Crippen LogP contribution in [0.15, 0.2) is 18.2 Å². The number of hydrogen-bond donors (Lipinski definition) is 0. The summed E-state index contributed by atoms with van der Waals surface area (Å²) in [7, 11) is 3.24. The Morgan fingerprint density at radius 3 is 2.55 bits per heavy atom. The fraction of sp³-hybridized carbons (Fsp3) is 0.600. The Bertz CT molecular complexity index is 444. The molecule has 0 amide bonds. The van der Waals surface area contributed by atoms with Crippen LogP contribution < -0.4 is 9.47 Å². The van der Waals surface area contributed by atoms with E-state index in [9.17, 15) is 0 Å². The third-order valence-corrected chi connectivity index (χ3v) is 3.09. The highest BCUT2D eigenvalue weighted by Crippen LogP contribution is 2.28. The van der Waals surface area contributed by atoms with E-state index in [0.717, 1.165) is 5.56 Å². The van der Waals surface area contributed by atoms with Crippen LogP contribution in [0.25, 0.3) is 0 Å². The first-order chi connectivity index (χ1) is 9.54. The summed E-state index contributed by atoms with van der Waals surface area (Å²) < 4.78 is 27.3. The maximum Gasteiger partial charge on any atom is 0.163 e. The highest BCUT2D eigenvalue weighted by atomic mass is 16.7. The lowest BCUT2D eigenvalue weighted by atomic mass is 10.2. The minimum Gasteiger partial charge on any atom is -0.493 e. The van der Waals surface area contributed by atoms with Gasteiger partial charge in [-0.05, 0) is 31.5 Å². The summed E-state index contributed by atoms with van der Waals surface area (Å²) in [6, 6.07) is 5.74. The summed E-state index contributed by atoms with van der Waals surface area (Å²) in [6.45, 7) is 5.39. The first-order valence-electron chi connectivity index (χ1n) is 6.64. The van der Waals surface area contributed by atoms with E-state index < -0.39 is 5.79 Å². The smallest absolute Gasteiger partial charge is 0.163 e. The monoisotopic (exact) mass is 282 g/mol. The summed E-state index contributed by atoms with van der Waals surface area (Å²) >= 11 is 0. The lowest BCUT2D eigenvalue weighted by molar-refractivity contribution is -0.145. The van der Waals surface area contributed by atoms with E-state index in [1.165, 1.54) is 0 Å². The molecule has 112 valence electrons. The molecule has 1 aromatic rings. The van der Waals surface area contributed by atoms with Crippen LogP contribution in [0.1, 0.15) is 19.4 Å². The number of ether oxygens (including phenoxy) is 5. The number of hydrogen-bond acceptors (Lipinski definition) is 5. The Balaban J connectivity index is 1.82. The lowest BCUT2D eigenvalue weighted by Gasteiger charge is -2.17. The van der Waals surface area contributed by atoms with Crippen LogP contribution in [0, 0.1) is 0 Å². The van der Waals surface area contributed by atoms with Gasteiger partial charge in [0.15, 0.2) is 17.3 Å². The van der Waals surface area contributed by atoms with E-state index in [-0.39, 0.29) is 6.10 Å². The largest absolute Gasteiger partial charge is 0.493 e. The van der Waals surface area contributed by atoms with Crippen LogP contribution in [-0.4, -0.2) is 39.3 Å². The second-order valence-electron chi connectivity index (χ2n) is 5.16. The highest BCUT2D eigenvalue weighted by Gasteiger charge is 2.32.